The first-order chi connectivity index (χ1) is 8.76. The monoisotopic (exact) mass is 254 g/mol. The molecule has 0 saturated carbocycles. The van der Waals surface area contributed by atoms with Gasteiger partial charge in [-0.25, -0.2) is 4.39 Å². The standard InChI is InChI=1S/C14H23FN2O/c1-3-17(10-11-18-4-2)9-8-16-14-7-5-6-13(15)12-14/h5-7,12,16H,3-4,8-11H2,1-2H3. The molecule has 0 aliphatic heterocycles. The average molecular weight is 254 g/mol. The zero-order valence-corrected chi connectivity index (χ0v) is 11.3. The minimum atomic E-state index is -0.205. The van der Waals surface area contributed by atoms with Crippen molar-refractivity contribution in [2.75, 3.05) is 44.7 Å². The van der Waals surface area contributed by atoms with Gasteiger partial charge in [0.25, 0.3) is 0 Å². The van der Waals surface area contributed by atoms with E-state index in [2.05, 4.69) is 17.1 Å². The summed E-state index contributed by atoms with van der Waals surface area (Å²) in [6.45, 7) is 9.34. The number of likely N-dealkylation sites (N-methyl/N-ethyl adjacent to an activating group) is 1. The number of hydrogen-bond donors (Lipinski definition) is 1. The van der Waals surface area contributed by atoms with Crippen molar-refractivity contribution in [2.45, 2.75) is 13.8 Å². The Kier molecular flexibility index (Phi) is 7.37. The van der Waals surface area contributed by atoms with E-state index in [1.807, 2.05) is 13.0 Å². The second-order valence-electron chi connectivity index (χ2n) is 4.07. The van der Waals surface area contributed by atoms with Crippen LogP contribution in [-0.4, -0.2) is 44.3 Å². The Morgan fingerprint density at radius 1 is 1.28 bits per heavy atom. The van der Waals surface area contributed by atoms with Crippen LogP contribution in [0.15, 0.2) is 24.3 Å². The SMILES string of the molecule is CCOCCN(CC)CCNc1cccc(F)c1. The van der Waals surface area contributed by atoms with Crippen LogP contribution in [0.3, 0.4) is 0 Å². The summed E-state index contributed by atoms with van der Waals surface area (Å²) < 4.78 is 18.3. The number of rotatable bonds is 9. The van der Waals surface area contributed by atoms with Crippen molar-refractivity contribution in [3.05, 3.63) is 30.1 Å². The number of halogens is 1. The van der Waals surface area contributed by atoms with Crippen LogP contribution >= 0.6 is 0 Å². The number of nitrogens with zero attached hydrogens (tertiary/aromatic N) is 1. The van der Waals surface area contributed by atoms with E-state index in [1.54, 1.807) is 6.07 Å². The van der Waals surface area contributed by atoms with Gasteiger partial charge in [-0.1, -0.05) is 13.0 Å². The highest BCUT2D eigenvalue weighted by Crippen LogP contribution is 2.08. The third-order valence-electron chi connectivity index (χ3n) is 2.78. The first kappa shape index (κ1) is 14.9. The van der Waals surface area contributed by atoms with E-state index in [0.717, 1.165) is 45.1 Å². The fraction of sp³-hybridized carbons (Fsp3) is 0.571. The van der Waals surface area contributed by atoms with Crippen LogP contribution in [0.25, 0.3) is 0 Å². The van der Waals surface area contributed by atoms with Crippen LogP contribution in [0.5, 0.6) is 0 Å². The van der Waals surface area contributed by atoms with Gasteiger partial charge < -0.3 is 10.1 Å². The number of hydrogen-bond acceptors (Lipinski definition) is 3. The van der Waals surface area contributed by atoms with Crippen molar-refractivity contribution in [1.82, 2.24) is 4.90 Å². The average Bonchev–Trinajstić information content (AvgIpc) is 2.37. The zero-order valence-electron chi connectivity index (χ0n) is 11.3. The molecule has 0 amide bonds. The summed E-state index contributed by atoms with van der Waals surface area (Å²) in [7, 11) is 0. The molecule has 3 nitrogen and oxygen atoms in total. The molecule has 4 heteroatoms. The zero-order chi connectivity index (χ0) is 13.2. The second kappa shape index (κ2) is 8.89. The maximum atomic E-state index is 13.0. The van der Waals surface area contributed by atoms with Crippen molar-refractivity contribution in [1.29, 1.82) is 0 Å². The van der Waals surface area contributed by atoms with Gasteiger partial charge in [-0.15, -0.1) is 0 Å². The minimum absolute atomic E-state index is 0.205. The molecule has 1 rings (SSSR count). The molecule has 1 N–H and O–H groups in total. The van der Waals surface area contributed by atoms with Gasteiger partial charge in [0, 0.05) is 31.9 Å². The lowest BCUT2D eigenvalue weighted by molar-refractivity contribution is 0.117. The van der Waals surface area contributed by atoms with Crippen molar-refractivity contribution in [3.63, 3.8) is 0 Å². The van der Waals surface area contributed by atoms with Gasteiger partial charge in [-0.05, 0) is 31.7 Å². The molecule has 0 aliphatic carbocycles. The van der Waals surface area contributed by atoms with Gasteiger partial charge in [-0.3, -0.25) is 4.90 Å². The fourth-order valence-electron chi connectivity index (χ4n) is 1.72. The van der Waals surface area contributed by atoms with Crippen LogP contribution in [0.4, 0.5) is 10.1 Å². The molecule has 1 aromatic rings. The first-order valence-electron chi connectivity index (χ1n) is 6.55. The van der Waals surface area contributed by atoms with E-state index in [-0.39, 0.29) is 5.82 Å². The highest BCUT2D eigenvalue weighted by molar-refractivity contribution is 5.42. The lowest BCUT2D eigenvalue weighted by Crippen LogP contribution is -2.32. The largest absolute Gasteiger partial charge is 0.384 e. The Morgan fingerprint density at radius 3 is 2.78 bits per heavy atom. The molecule has 0 spiro atoms. The van der Waals surface area contributed by atoms with Crippen LogP contribution in [0, 0.1) is 5.82 Å². The number of ether oxygens (including phenoxy) is 1. The summed E-state index contributed by atoms with van der Waals surface area (Å²) in [5.41, 5.74) is 0.830. The summed E-state index contributed by atoms with van der Waals surface area (Å²) >= 11 is 0. The molecular weight excluding hydrogens is 231 g/mol. The molecule has 0 saturated heterocycles. The molecule has 0 atom stereocenters. The van der Waals surface area contributed by atoms with Crippen LogP contribution < -0.4 is 5.32 Å². The van der Waals surface area contributed by atoms with Crippen molar-refractivity contribution in [3.8, 4) is 0 Å². The normalized spacial score (nSPS) is 10.9. The van der Waals surface area contributed by atoms with E-state index in [4.69, 9.17) is 4.74 Å². The van der Waals surface area contributed by atoms with E-state index >= 15 is 0 Å². The summed E-state index contributed by atoms with van der Waals surface area (Å²) in [6, 6.07) is 6.55. The molecule has 0 aliphatic rings. The predicted octanol–water partition coefficient (Wildman–Crippen LogP) is 2.60. The molecule has 102 valence electrons. The van der Waals surface area contributed by atoms with Crippen molar-refractivity contribution >= 4 is 5.69 Å². The van der Waals surface area contributed by atoms with Crippen LogP contribution in [-0.2, 0) is 4.74 Å². The smallest absolute Gasteiger partial charge is 0.125 e. The molecule has 0 aromatic heterocycles. The van der Waals surface area contributed by atoms with Gasteiger partial charge in [0.15, 0.2) is 0 Å². The number of anilines is 1. The molecular formula is C14H23FN2O. The minimum Gasteiger partial charge on any atom is -0.384 e. The molecule has 0 fully saturated rings. The quantitative estimate of drug-likeness (QED) is 0.686. The Morgan fingerprint density at radius 2 is 2.11 bits per heavy atom. The van der Waals surface area contributed by atoms with Gasteiger partial charge in [0.1, 0.15) is 5.82 Å². The van der Waals surface area contributed by atoms with Gasteiger partial charge in [0.05, 0.1) is 6.61 Å². The third-order valence-corrected chi connectivity index (χ3v) is 2.78. The van der Waals surface area contributed by atoms with Gasteiger partial charge in [0.2, 0.25) is 0 Å². The predicted molar refractivity (Wildman–Crippen MR) is 73.5 cm³/mol. The lowest BCUT2D eigenvalue weighted by Gasteiger charge is -2.20. The molecule has 0 unspecified atom stereocenters. The van der Waals surface area contributed by atoms with Crippen molar-refractivity contribution < 1.29 is 9.13 Å². The summed E-state index contributed by atoms with van der Waals surface area (Å²) in [5.74, 6) is -0.205. The molecule has 0 heterocycles. The lowest BCUT2D eigenvalue weighted by atomic mass is 10.3. The Hall–Kier alpha value is -1.13. The van der Waals surface area contributed by atoms with E-state index in [0.29, 0.717) is 0 Å². The Bertz CT molecular complexity index is 333. The summed E-state index contributed by atoms with van der Waals surface area (Å²) in [4.78, 5) is 2.31. The molecule has 18 heavy (non-hydrogen) atoms. The van der Waals surface area contributed by atoms with E-state index < -0.39 is 0 Å². The number of benzene rings is 1. The first-order valence-corrected chi connectivity index (χ1v) is 6.55. The topological polar surface area (TPSA) is 24.5 Å². The highest BCUT2D eigenvalue weighted by atomic mass is 19.1. The maximum absolute atomic E-state index is 13.0. The van der Waals surface area contributed by atoms with Crippen LogP contribution in [0.2, 0.25) is 0 Å². The fourth-order valence-corrected chi connectivity index (χ4v) is 1.72. The highest BCUT2D eigenvalue weighted by Gasteiger charge is 2.01. The summed E-state index contributed by atoms with van der Waals surface area (Å²) in [6.07, 6.45) is 0. The number of nitrogens with one attached hydrogen (secondary N) is 1. The van der Waals surface area contributed by atoms with Crippen molar-refractivity contribution in [2.24, 2.45) is 0 Å². The Labute approximate surface area is 109 Å². The van der Waals surface area contributed by atoms with Crippen LogP contribution in [0.1, 0.15) is 13.8 Å². The van der Waals surface area contributed by atoms with E-state index in [9.17, 15) is 4.39 Å². The molecule has 1 aromatic carbocycles. The molecule has 0 radical (unpaired) electrons. The molecule has 0 bridgehead atoms. The maximum Gasteiger partial charge on any atom is 0.125 e. The summed E-state index contributed by atoms with van der Waals surface area (Å²) in [5, 5.41) is 3.22. The third kappa shape index (κ3) is 5.98. The van der Waals surface area contributed by atoms with E-state index in [1.165, 1.54) is 12.1 Å². The second-order valence-corrected chi connectivity index (χ2v) is 4.07. The van der Waals surface area contributed by atoms with Gasteiger partial charge >= 0.3 is 0 Å². The van der Waals surface area contributed by atoms with Gasteiger partial charge in [-0.2, -0.15) is 0 Å². The Balaban J connectivity index is 2.22.